The molecule has 1 aromatic carbocycles. The minimum absolute atomic E-state index is 0.648. The molecule has 2 rings (SSSR count). The summed E-state index contributed by atoms with van der Waals surface area (Å²) < 4.78 is 0. The predicted octanol–water partition coefficient (Wildman–Crippen LogP) is 0.824. The SMILES string of the molecule is CN(C)CCN1CCN(c2ccc(N)cc2C#N)CC1. The highest BCUT2D eigenvalue weighted by molar-refractivity contribution is 5.64. The number of nitrogens with two attached hydrogens (primary N) is 1. The van der Waals surface area contributed by atoms with Gasteiger partial charge in [-0.05, 0) is 32.3 Å². The van der Waals surface area contributed by atoms with Crippen LogP contribution in [0.5, 0.6) is 0 Å². The van der Waals surface area contributed by atoms with E-state index in [2.05, 4.69) is 34.9 Å². The molecule has 0 bridgehead atoms. The summed E-state index contributed by atoms with van der Waals surface area (Å²) >= 11 is 0. The zero-order valence-corrected chi connectivity index (χ0v) is 12.3. The lowest BCUT2D eigenvalue weighted by Crippen LogP contribution is -2.48. The van der Waals surface area contributed by atoms with Gasteiger partial charge in [0.15, 0.2) is 0 Å². The van der Waals surface area contributed by atoms with Gasteiger partial charge in [0, 0.05) is 45.0 Å². The van der Waals surface area contributed by atoms with Crippen LogP contribution in [0.1, 0.15) is 5.56 Å². The summed E-state index contributed by atoms with van der Waals surface area (Å²) in [6.07, 6.45) is 0. The summed E-state index contributed by atoms with van der Waals surface area (Å²) in [5.41, 5.74) is 8.07. The molecule has 0 spiro atoms. The van der Waals surface area contributed by atoms with E-state index in [1.165, 1.54) is 0 Å². The van der Waals surface area contributed by atoms with Crippen LogP contribution in [0.2, 0.25) is 0 Å². The standard InChI is InChI=1S/C15H23N5/c1-18(2)5-6-19-7-9-20(10-8-19)15-4-3-14(17)11-13(15)12-16/h3-4,11H,5-10,17H2,1-2H3. The smallest absolute Gasteiger partial charge is 0.101 e. The largest absolute Gasteiger partial charge is 0.399 e. The van der Waals surface area contributed by atoms with Gasteiger partial charge in [-0.1, -0.05) is 0 Å². The Bertz CT molecular complexity index is 484. The first-order valence-corrected chi connectivity index (χ1v) is 7.02. The molecule has 1 aromatic rings. The lowest BCUT2D eigenvalue weighted by molar-refractivity contribution is 0.229. The van der Waals surface area contributed by atoms with Crippen LogP contribution in [0.4, 0.5) is 11.4 Å². The number of piperazine rings is 1. The van der Waals surface area contributed by atoms with Gasteiger partial charge in [0.1, 0.15) is 6.07 Å². The molecular formula is C15H23N5. The van der Waals surface area contributed by atoms with Gasteiger partial charge in [-0.15, -0.1) is 0 Å². The van der Waals surface area contributed by atoms with E-state index < -0.39 is 0 Å². The summed E-state index contributed by atoms with van der Waals surface area (Å²) in [6.45, 7) is 6.21. The number of nitrogens with zero attached hydrogens (tertiary/aromatic N) is 4. The summed E-state index contributed by atoms with van der Waals surface area (Å²) in [6, 6.07) is 7.83. The third kappa shape index (κ3) is 3.62. The number of anilines is 2. The minimum Gasteiger partial charge on any atom is -0.399 e. The van der Waals surface area contributed by atoms with Gasteiger partial charge in [0.05, 0.1) is 11.3 Å². The normalized spacial score (nSPS) is 16.4. The molecule has 0 saturated carbocycles. The van der Waals surface area contributed by atoms with Crippen molar-refractivity contribution in [2.24, 2.45) is 0 Å². The number of nitriles is 1. The molecule has 108 valence electrons. The molecule has 0 unspecified atom stereocenters. The van der Waals surface area contributed by atoms with Crippen molar-refractivity contribution >= 4 is 11.4 Å². The van der Waals surface area contributed by atoms with Crippen molar-refractivity contribution in [1.82, 2.24) is 9.80 Å². The molecule has 0 radical (unpaired) electrons. The number of nitrogen functional groups attached to an aromatic ring is 1. The van der Waals surface area contributed by atoms with Gasteiger partial charge in [0.2, 0.25) is 0 Å². The van der Waals surface area contributed by atoms with E-state index in [-0.39, 0.29) is 0 Å². The number of benzene rings is 1. The van der Waals surface area contributed by atoms with Crippen molar-refractivity contribution in [1.29, 1.82) is 5.26 Å². The molecule has 1 heterocycles. The zero-order valence-electron chi connectivity index (χ0n) is 12.3. The summed E-state index contributed by atoms with van der Waals surface area (Å²) in [4.78, 5) is 6.96. The van der Waals surface area contributed by atoms with Crippen LogP contribution in [0.25, 0.3) is 0 Å². The molecule has 0 aromatic heterocycles. The molecule has 1 aliphatic rings. The molecule has 1 saturated heterocycles. The first-order chi connectivity index (χ1) is 9.60. The van der Waals surface area contributed by atoms with Crippen LogP contribution < -0.4 is 10.6 Å². The molecule has 20 heavy (non-hydrogen) atoms. The van der Waals surface area contributed by atoms with Crippen molar-refractivity contribution in [2.45, 2.75) is 0 Å². The monoisotopic (exact) mass is 273 g/mol. The fraction of sp³-hybridized carbons (Fsp3) is 0.533. The molecule has 0 atom stereocenters. The average Bonchev–Trinajstić information content (AvgIpc) is 2.45. The second-order valence-corrected chi connectivity index (χ2v) is 5.52. The Hall–Kier alpha value is -1.77. The maximum atomic E-state index is 9.22. The zero-order chi connectivity index (χ0) is 14.5. The van der Waals surface area contributed by atoms with Crippen LogP contribution in [0, 0.1) is 11.3 Å². The van der Waals surface area contributed by atoms with Crippen LogP contribution in [-0.4, -0.2) is 63.2 Å². The van der Waals surface area contributed by atoms with Gasteiger partial charge in [-0.25, -0.2) is 0 Å². The molecule has 0 amide bonds. The van der Waals surface area contributed by atoms with Crippen LogP contribution in [0.15, 0.2) is 18.2 Å². The molecule has 5 heteroatoms. The second-order valence-electron chi connectivity index (χ2n) is 5.52. The number of hydrogen-bond donors (Lipinski definition) is 1. The van der Waals surface area contributed by atoms with Crippen molar-refractivity contribution in [2.75, 3.05) is 64.0 Å². The highest BCUT2D eigenvalue weighted by atomic mass is 15.3. The third-order valence-electron chi connectivity index (χ3n) is 3.72. The van der Waals surface area contributed by atoms with Crippen LogP contribution in [-0.2, 0) is 0 Å². The Morgan fingerprint density at radius 3 is 2.55 bits per heavy atom. The number of hydrogen-bond acceptors (Lipinski definition) is 5. The third-order valence-corrected chi connectivity index (χ3v) is 3.72. The van der Waals surface area contributed by atoms with E-state index in [0.717, 1.165) is 45.0 Å². The van der Waals surface area contributed by atoms with Gasteiger partial charge in [0.25, 0.3) is 0 Å². The summed E-state index contributed by atoms with van der Waals surface area (Å²) in [5, 5.41) is 9.22. The molecule has 2 N–H and O–H groups in total. The Kier molecular flexibility index (Phi) is 4.83. The maximum absolute atomic E-state index is 9.22. The van der Waals surface area contributed by atoms with E-state index in [1.807, 2.05) is 12.1 Å². The molecule has 0 aliphatic carbocycles. The Morgan fingerprint density at radius 2 is 1.95 bits per heavy atom. The van der Waals surface area contributed by atoms with Crippen molar-refractivity contribution in [3.8, 4) is 6.07 Å². The van der Waals surface area contributed by atoms with E-state index in [1.54, 1.807) is 6.07 Å². The Balaban J connectivity index is 1.96. The molecule has 5 nitrogen and oxygen atoms in total. The van der Waals surface area contributed by atoms with Gasteiger partial charge in [-0.3, -0.25) is 4.90 Å². The van der Waals surface area contributed by atoms with Gasteiger partial charge >= 0.3 is 0 Å². The van der Waals surface area contributed by atoms with Crippen LogP contribution >= 0.6 is 0 Å². The minimum atomic E-state index is 0.648. The maximum Gasteiger partial charge on any atom is 0.101 e. The number of rotatable bonds is 4. The highest BCUT2D eigenvalue weighted by Gasteiger charge is 2.19. The quantitative estimate of drug-likeness (QED) is 0.823. The summed E-state index contributed by atoms with van der Waals surface area (Å²) in [7, 11) is 4.20. The predicted molar refractivity (Wildman–Crippen MR) is 82.8 cm³/mol. The Labute approximate surface area is 121 Å². The lowest BCUT2D eigenvalue weighted by Gasteiger charge is -2.36. The van der Waals surface area contributed by atoms with E-state index >= 15 is 0 Å². The molecular weight excluding hydrogens is 250 g/mol. The summed E-state index contributed by atoms with van der Waals surface area (Å²) in [5.74, 6) is 0. The molecule has 1 aliphatic heterocycles. The first kappa shape index (κ1) is 14.6. The Morgan fingerprint density at radius 1 is 1.25 bits per heavy atom. The average molecular weight is 273 g/mol. The topological polar surface area (TPSA) is 59.5 Å². The van der Waals surface area contributed by atoms with E-state index in [9.17, 15) is 5.26 Å². The number of likely N-dealkylation sites (N-methyl/N-ethyl adjacent to an activating group) is 1. The lowest BCUT2D eigenvalue weighted by atomic mass is 10.1. The highest BCUT2D eigenvalue weighted by Crippen LogP contribution is 2.23. The van der Waals surface area contributed by atoms with Gasteiger partial charge in [-0.2, -0.15) is 5.26 Å². The van der Waals surface area contributed by atoms with Crippen LogP contribution in [0.3, 0.4) is 0 Å². The van der Waals surface area contributed by atoms with E-state index in [4.69, 9.17) is 5.73 Å². The van der Waals surface area contributed by atoms with Crippen molar-refractivity contribution < 1.29 is 0 Å². The van der Waals surface area contributed by atoms with E-state index in [0.29, 0.717) is 11.3 Å². The first-order valence-electron chi connectivity index (χ1n) is 7.02. The fourth-order valence-corrected chi connectivity index (χ4v) is 2.47. The fourth-order valence-electron chi connectivity index (χ4n) is 2.47. The second kappa shape index (κ2) is 6.60. The molecule has 1 fully saturated rings. The van der Waals surface area contributed by atoms with Crippen molar-refractivity contribution in [3.05, 3.63) is 23.8 Å². The van der Waals surface area contributed by atoms with Gasteiger partial charge < -0.3 is 15.5 Å². The van der Waals surface area contributed by atoms with Crippen molar-refractivity contribution in [3.63, 3.8) is 0 Å².